The van der Waals surface area contributed by atoms with Gasteiger partial charge in [-0.3, -0.25) is 19.2 Å². The van der Waals surface area contributed by atoms with Gasteiger partial charge in [0.05, 0.1) is 12.7 Å². The summed E-state index contributed by atoms with van der Waals surface area (Å²) in [5.41, 5.74) is 0.893. The van der Waals surface area contributed by atoms with Gasteiger partial charge in [0.2, 0.25) is 11.8 Å². The van der Waals surface area contributed by atoms with E-state index in [1.54, 1.807) is 38.4 Å². The van der Waals surface area contributed by atoms with Crippen molar-refractivity contribution in [3.63, 3.8) is 0 Å². The summed E-state index contributed by atoms with van der Waals surface area (Å²) >= 11 is 0. The maximum absolute atomic E-state index is 13.9. The van der Waals surface area contributed by atoms with E-state index in [0.717, 1.165) is 22.3 Å². The van der Waals surface area contributed by atoms with Crippen LogP contribution in [0.15, 0.2) is 102 Å². The van der Waals surface area contributed by atoms with Gasteiger partial charge in [0.25, 0.3) is 11.5 Å². The molecule has 2 N–H and O–H groups in total. The normalized spacial score (nSPS) is 11.3. The minimum Gasteiger partial charge on any atom is -0.497 e. The third-order valence-corrected chi connectivity index (χ3v) is 6.39. The molecule has 0 unspecified atom stereocenters. The molecule has 1 heterocycles. The number of halogens is 1. The molecule has 4 aromatic rings. The van der Waals surface area contributed by atoms with Crippen LogP contribution in [0, 0.1) is 5.82 Å². The highest BCUT2D eigenvalue weighted by Crippen LogP contribution is 2.19. The van der Waals surface area contributed by atoms with E-state index in [9.17, 15) is 23.6 Å². The highest BCUT2D eigenvalue weighted by molar-refractivity contribution is 6.04. The van der Waals surface area contributed by atoms with Crippen LogP contribution < -0.4 is 25.8 Å². The number of rotatable bonds is 10. The van der Waals surface area contributed by atoms with Crippen LogP contribution in [0.25, 0.3) is 0 Å². The number of carbonyl (C=O) groups is 3. The van der Waals surface area contributed by atoms with Gasteiger partial charge >= 0.3 is 0 Å². The van der Waals surface area contributed by atoms with Crippen LogP contribution in [0.4, 0.5) is 15.8 Å². The molecular formula is C31H29FN4O5. The van der Waals surface area contributed by atoms with Crippen LogP contribution in [0.1, 0.15) is 15.9 Å². The summed E-state index contributed by atoms with van der Waals surface area (Å²) < 4.78 is 20.2. The van der Waals surface area contributed by atoms with Crippen molar-refractivity contribution in [2.24, 2.45) is 0 Å². The molecule has 0 saturated heterocycles. The molecule has 0 fully saturated rings. The molecule has 0 aliphatic heterocycles. The number of likely N-dealkylation sites (N-methyl/N-ethyl adjacent to an activating group) is 1. The minimum absolute atomic E-state index is 0.151. The first kappa shape index (κ1) is 28.8. The Labute approximate surface area is 236 Å². The molecule has 3 amide bonds. The first-order valence-electron chi connectivity index (χ1n) is 12.8. The summed E-state index contributed by atoms with van der Waals surface area (Å²) in [6.45, 7) is -0.356. The van der Waals surface area contributed by atoms with Gasteiger partial charge < -0.3 is 24.8 Å². The molecule has 41 heavy (non-hydrogen) atoms. The van der Waals surface area contributed by atoms with E-state index < -0.39 is 29.2 Å². The number of amides is 3. The highest BCUT2D eigenvalue weighted by atomic mass is 19.1. The van der Waals surface area contributed by atoms with Gasteiger partial charge in [-0.2, -0.15) is 0 Å². The van der Waals surface area contributed by atoms with Crippen LogP contribution in [0.5, 0.6) is 5.75 Å². The van der Waals surface area contributed by atoms with E-state index in [1.807, 2.05) is 30.3 Å². The number of anilines is 2. The van der Waals surface area contributed by atoms with Crippen molar-refractivity contribution < 1.29 is 23.5 Å². The second kappa shape index (κ2) is 13.2. The minimum atomic E-state index is -0.910. The van der Waals surface area contributed by atoms with Crippen molar-refractivity contribution in [1.82, 2.24) is 9.88 Å². The highest BCUT2D eigenvalue weighted by Gasteiger charge is 2.25. The molecule has 0 saturated carbocycles. The van der Waals surface area contributed by atoms with Gasteiger partial charge in [0, 0.05) is 37.1 Å². The van der Waals surface area contributed by atoms with E-state index >= 15 is 0 Å². The van der Waals surface area contributed by atoms with Crippen LogP contribution in [-0.2, 0) is 22.6 Å². The molecule has 0 radical (unpaired) electrons. The average Bonchev–Trinajstić information content (AvgIpc) is 2.98. The molecule has 1 aromatic heterocycles. The standard InChI is InChI=1S/C31H29FN4O5/c1-35(23-12-14-24(41-2)15-13-23)31(40)27(18-21-8-4-3-5-9-21)34-28(37)20-36-17-16-22(19-29(36)38)33-30(39)25-10-6-7-11-26(25)32/h3-17,19,27H,18,20H2,1-2H3,(H,33,39)(H,34,37)/t27-/m0/s1. The van der Waals surface area contributed by atoms with Crippen molar-refractivity contribution in [3.05, 3.63) is 124 Å². The lowest BCUT2D eigenvalue weighted by molar-refractivity contribution is -0.127. The van der Waals surface area contributed by atoms with Gasteiger partial charge in [0.1, 0.15) is 24.2 Å². The monoisotopic (exact) mass is 556 g/mol. The zero-order valence-corrected chi connectivity index (χ0v) is 22.5. The molecule has 9 nitrogen and oxygen atoms in total. The van der Waals surface area contributed by atoms with Gasteiger partial charge in [-0.15, -0.1) is 0 Å². The van der Waals surface area contributed by atoms with Crippen molar-refractivity contribution in [1.29, 1.82) is 0 Å². The quantitative estimate of drug-likeness (QED) is 0.310. The summed E-state index contributed by atoms with van der Waals surface area (Å²) in [5, 5.41) is 5.24. The maximum atomic E-state index is 13.9. The number of hydrogen-bond acceptors (Lipinski definition) is 5. The molecule has 10 heteroatoms. The Bertz CT molecular complexity index is 1590. The van der Waals surface area contributed by atoms with Crippen molar-refractivity contribution in [2.75, 3.05) is 24.4 Å². The summed E-state index contributed by atoms with van der Waals surface area (Å²) in [5.74, 6) is -1.64. The molecule has 210 valence electrons. The van der Waals surface area contributed by atoms with Crippen LogP contribution >= 0.6 is 0 Å². The smallest absolute Gasteiger partial charge is 0.258 e. The van der Waals surface area contributed by atoms with Crippen molar-refractivity contribution in [2.45, 2.75) is 19.0 Å². The number of aromatic nitrogens is 1. The third kappa shape index (κ3) is 7.45. The fourth-order valence-corrected chi connectivity index (χ4v) is 4.17. The Morgan fingerprint density at radius 2 is 1.63 bits per heavy atom. The molecular weight excluding hydrogens is 527 g/mol. The first-order chi connectivity index (χ1) is 19.7. The van der Waals surface area contributed by atoms with Gasteiger partial charge in [0.15, 0.2) is 0 Å². The lowest BCUT2D eigenvalue weighted by Crippen LogP contribution is -2.50. The predicted molar refractivity (Wildman–Crippen MR) is 154 cm³/mol. The van der Waals surface area contributed by atoms with Crippen molar-refractivity contribution >= 4 is 29.1 Å². The van der Waals surface area contributed by atoms with E-state index in [1.165, 1.54) is 35.4 Å². The van der Waals surface area contributed by atoms with Crippen LogP contribution in [0.2, 0.25) is 0 Å². The Balaban J connectivity index is 1.46. The predicted octanol–water partition coefficient (Wildman–Crippen LogP) is 3.64. The second-order valence-corrected chi connectivity index (χ2v) is 9.22. The number of carbonyl (C=O) groups excluding carboxylic acids is 3. The second-order valence-electron chi connectivity index (χ2n) is 9.22. The number of pyridine rings is 1. The maximum Gasteiger partial charge on any atom is 0.258 e. The Hall–Kier alpha value is -5.25. The Kier molecular flexibility index (Phi) is 9.26. The SMILES string of the molecule is COc1ccc(N(C)C(=O)[C@H](Cc2ccccc2)NC(=O)Cn2ccc(NC(=O)c3ccccc3F)cc2=O)cc1. The van der Waals surface area contributed by atoms with E-state index in [4.69, 9.17) is 4.74 Å². The van der Waals surface area contributed by atoms with Crippen LogP contribution in [-0.4, -0.2) is 42.5 Å². The molecule has 0 aliphatic carbocycles. The number of benzene rings is 3. The summed E-state index contributed by atoms with van der Waals surface area (Å²) in [6.07, 6.45) is 1.58. The molecule has 0 bridgehead atoms. The summed E-state index contributed by atoms with van der Waals surface area (Å²) in [6, 6.07) is 23.4. The largest absolute Gasteiger partial charge is 0.497 e. The fourth-order valence-electron chi connectivity index (χ4n) is 4.17. The average molecular weight is 557 g/mol. The van der Waals surface area contributed by atoms with Crippen molar-refractivity contribution in [3.8, 4) is 5.75 Å². The van der Waals surface area contributed by atoms with Gasteiger partial charge in [-0.1, -0.05) is 42.5 Å². The van der Waals surface area contributed by atoms with Gasteiger partial charge in [-0.25, -0.2) is 4.39 Å². The fraction of sp³-hybridized carbons (Fsp3) is 0.161. The lowest BCUT2D eigenvalue weighted by atomic mass is 10.0. The summed E-state index contributed by atoms with van der Waals surface area (Å²) in [4.78, 5) is 53.0. The topological polar surface area (TPSA) is 110 Å². The van der Waals surface area contributed by atoms with E-state index in [2.05, 4.69) is 10.6 Å². The first-order valence-corrected chi connectivity index (χ1v) is 12.8. The van der Waals surface area contributed by atoms with Gasteiger partial charge in [-0.05, 0) is 48.0 Å². The number of methoxy groups -OCH3 is 1. The van der Waals surface area contributed by atoms with Crippen LogP contribution in [0.3, 0.4) is 0 Å². The summed E-state index contributed by atoms with van der Waals surface area (Å²) in [7, 11) is 3.17. The molecule has 4 rings (SSSR count). The molecule has 0 spiro atoms. The number of hydrogen-bond donors (Lipinski definition) is 2. The van der Waals surface area contributed by atoms with E-state index in [-0.39, 0.29) is 30.1 Å². The molecule has 1 atom stereocenters. The third-order valence-electron chi connectivity index (χ3n) is 6.39. The Morgan fingerprint density at radius 3 is 2.29 bits per heavy atom. The lowest BCUT2D eigenvalue weighted by Gasteiger charge is -2.25. The number of nitrogens with zero attached hydrogens (tertiary/aromatic N) is 2. The molecule has 0 aliphatic rings. The zero-order chi connectivity index (χ0) is 29.4. The zero-order valence-electron chi connectivity index (χ0n) is 22.5. The number of ether oxygens (including phenoxy) is 1. The Morgan fingerprint density at radius 1 is 0.951 bits per heavy atom. The number of nitrogens with one attached hydrogen (secondary N) is 2. The van der Waals surface area contributed by atoms with E-state index in [0.29, 0.717) is 11.4 Å². The molecule has 3 aromatic carbocycles.